The van der Waals surface area contributed by atoms with E-state index in [9.17, 15) is 9.59 Å². The van der Waals surface area contributed by atoms with Crippen molar-refractivity contribution < 1.29 is 9.53 Å². The maximum absolute atomic E-state index is 13.5. The molecule has 1 aliphatic rings. The standard InChI is InChI=1S/C27H30N6O3/c1-18-7-6-10-33-24(18)30-25-22(27(33)35)17-21(26(34)29-19(2)20-8-4-3-5-9-20)23(28)32(25)12-11-31-13-15-36-16-14-31/h3-10,17,19,28H,11-16H2,1-2H3,(H,29,34)/t19-/m0/s1. The molecule has 1 amide bonds. The number of hydrogen-bond acceptors (Lipinski definition) is 6. The summed E-state index contributed by atoms with van der Waals surface area (Å²) < 4.78 is 8.65. The number of benzene rings is 1. The molecule has 1 aliphatic heterocycles. The molecule has 1 fully saturated rings. The Morgan fingerprint density at radius 1 is 1.11 bits per heavy atom. The van der Waals surface area contributed by atoms with Crippen molar-refractivity contribution in [3.63, 3.8) is 0 Å². The molecule has 1 saturated heterocycles. The minimum atomic E-state index is -0.396. The number of amides is 1. The zero-order valence-corrected chi connectivity index (χ0v) is 20.5. The van der Waals surface area contributed by atoms with E-state index in [1.54, 1.807) is 16.8 Å². The quantitative estimate of drug-likeness (QED) is 0.407. The average molecular weight is 487 g/mol. The zero-order chi connectivity index (χ0) is 25.2. The second-order valence-electron chi connectivity index (χ2n) is 9.16. The van der Waals surface area contributed by atoms with E-state index in [1.807, 2.05) is 50.2 Å². The van der Waals surface area contributed by atoms with Gasteiger partial charge < -0.3 is 14.6 Å². The van der Waals surface area contributed by atoms with Crippen molar-refractivity contribution in [1.82, 2.24) is 24.2 Å². The van der Waals surface area contributed by atoms with Gasteiger partial charge in [0.1, 0.15) is 16.8 Å². The van der Waals surface area contributed by atoms with Crippen LogP contribution in [0.1, 0.15) is 34.5 Å². The Labute approximate surface area is 208 Å². The van der Waals surface area contributed by atoms with Crippen LogP contribution in [0.25, 0.3) is 16.7 Å². The number of hydrogen-bond donors (Lipinski definition) is 2. The fourth-order valence-corrected chi connectivity index (χ4v) is 4.65. The minimum Gasteiger partial charge on any atom is -0.379 e. The van der Waals surface area contributed by atoms with E-state index in [0.717, 1.165) is 24.2 Å². The van der Waals surface area contributed by atoms with Gasteiger partial charge in [0.2, 0.25) is 0 Å². The molecule has 0 bridgehead atoms. The third-order valence-corrected chi connectivity index (χ3v) is 6.77. The number of pyridine rings is 2. The summed E-state index contributed by atoms with van der Waals surface area (Å²) in [6.07, 6.45) is 1.68. The Kier molecular flexibility index (Phi) is 6.67. The van der Waals surface area contributed by atoms with Gasteiger partial charge in [-0.2, -0.15) is 0 Å². The maximum Gasteiger partial charge on any atom is 0.267 e. The molecule has 1 atom stereocenters. The van der Waals surface area contributed by atoms with E-state index in [4.69, 9.17) is 15.1 Å². The summed E-state index contributed by atoms with van der Waals surface area (Å²) >= 11 is 0. The maximum atomic E-state index is 13.5. The lowest BCUT2D eigenvalue weighted by Crippen LogP contribution is -2.41. The van der Waals surface area contributed by atoms with Gasteiger partial charge in [0.25, 0.3) is 11.5 Å². The second kappa shape index (κ2) is 10.0. The highest BCUT2D eigenvalue weighted by Crippen LogP contribution is 2.15. The first-order valence-corrected chi connectivity index (χ1v) is 12.2. The number of ether oxygens (including phenoxy) is 1. The van der Waals surface area contributed by atoms with Gasteiger partial charge in [0, 0.05) is 32.4 Å². The molecule has 0 radical (unpaired) electrons. The predicted molar refractivity (Wildman–Crippen MR) is 137 cm³/mol. The normalized spacial score (nSPS) is 15.3. The molecule has 186 valence electrons. The molecule has 0 saturated carbocycles. The van der Waals surface area contributed by atoms with Gasteiger partial charge in [0.05, 0.1) is 30.2 Å². The highest BCUT2D eigenvalue weighted by Gasteiger charge is 2.20. The van der Waals surface area contributed by atoms with Gasteiger partial charge in [-0.05, 0) is 37.1 Å². The molecule has 0 spiro atoms. The van der Waals surface area contributed by atoms with Gasteiger partial charge in [-0.25, -0.2) is 4.98 Å². The fraction of sp³-hybridized carbons (Fsp3) is 0.333. The lowest BCUT2D eigenvalue weighted by Gasteiger charge is -2.27. The Morgan fingerprint density at radius 2 is 1.86 bits per heavy atom. The van der Waals surface area contributed by atoms with Crippen molar-refractivity contribution in [3.8, 4) is 0 Å². The van der Waals surface area contributed by atoms with Crippen LogP contribution in [0.15, 0.2) is 59.5 Å². The van der Waals surface area contributed by atoms with Crippen LogP contribution in [-0.4, -0.2) is 57.6 Å². The molecule has 1 aromatic carbocycles. The van der Waals surface area contributed by atoms with Crippen LogP contribution in [0.3, 0.4) is 0 Å². The molecule has 9 nitrogen and oxygen atoms in total. The van der Waals surface area contributed by atoms with Gasteiger partial charge in [-0.3, -0.25) is 24.3 Å². The molecule has 3 aromatic heterocycles. The van der Waals surface area contributed by atoms with Crippen LogP contribution in [-0.2, 0) is 11.3 Å². The second-order valence-corrected chi connectivity index (χ2v) is 9.16. The van der Waals surface area contributed by atoms with Crippen LogP contribution in [0.5, 0.6) is 0 Å². The van der Waals surface area contributed by atoms with Crippen molar-refractivity contribution in [3.05, 3.63) is 87.3 Å². The van der Waals surface area contributed by atoms with E-state index in [1.165, 1.54) is 10.5 Å². The first-order chi connectivity index (χ1) is 17.4. The zero-order valence-electron chi connectivity index (χ0n) is 20.5. The van der Waals surface area contributed by atoms with Crippen LogP contribution >= 0.6 is 0 Å². The summed E-state index contributed by atoms with van der Waals surface area (Å²) in [6, 6.07) is 14.6. The van der Waals surface area contributed by atoms with Gasteiger partial charge >= 0.3 is 0 Å². The lowest BCUT2D eigenvalue weighted by molar-refractivity contribution is 0.0363. The highest BCUT2D eigenvalue weighted by atomic mass is 16.5. The number of morpholine rings is 1. The summed E-state index contributed by atoms with van der Waals surface area (Å²) in [7, 11) is 0. The number of rotatable bonds is 6. The smallest absolute Gasteiger partial charge is 0.267 e. The molecule has 4 aromatic rings. The first-order valence-electron chi connectivity index (χ1n) is 12.2. The Morgan fingerprint density at radius 3 is 2.61 bits per heavy atom. The summed E-state index contributed by atoms with van der Waals surface area (Å²) in [6.45, 7) is 7.84. The van der Waals surface area contributed by atoms with Crippen LogP contribution in [0, 0.1) is 12.3 Å². The van der Waals surface area contributed by atoms with Crippen molar-refractivity contribution >= 4 is 22.6 Å². The van der Waals surface area contributed by atoms with E-state index in [-0.39, 0.29) is 22.7 Å². The van der Waals surface area contributed by atoms with E-state index < -0.39 is 5.91 Å². The van der Waals surface area contributed by atoms with Gasteiger partial charge in [-0.1, -0.05) is 36.4 Å². The largest absolute Gasteiger partial charge is 0.379 e. The SMILES string of the molecule is Cc1cccn2c(=O)c3cc(C(=O)N[C@@H](C)c4ccccc4)c(=N)n(CCN4CCOCC4)c3nc12. The van der Waals surface area contributed by atoms with Crippen molar-refractivity contribution in [1.29, 1.82) is 5.41 Å². The Balaban J connectivity index is 1.61. The highest BCUT2D eigenvalue weighted by molar-refractivity contribution is 5.97. The number of aromatic nitrogens is 3. The molecule has 5 rings (SSSR count). The van der Waals surface area contributed by atoms with Crippen molar-refractivity contribution in [2.45, 2.75) is 26.4 Å². The number of aryl methyl sites for hydroxylation is 1. The third-order valence-electron chi connectivity index (χ3n) is 6.77. The number of fused-ring (bicyclic) bond motifs is 2. The monoisotopic (exact) mass is 486 g/mol. The third kappa shape index (κ3) is 4.55. The fourth-order valence-electron chi connectivity index (χ4n) is 4.65. The lowest BCUT2D eigenvalue weighted by atomic mass is 10.1. The molecule has 9 heteroatoms. The van der Waals surface area contributed by atoms with Crippen LogP contribution < -0.4 is 16.4 Å². The number of nitrogens with one attached hydrogen (secondary N) is 2. The summed E-state index contributed by atoms with van der Waals surface area (Å²) in [5.41, 5.74) is 2.72. The molecule has 4 heterocycles. The molecule has 0 unspecified atom stereocenters. The predicted octanol–water partition coefficient (Wildman–Crippen LogP) is 2.26. The van der Waals surface area contributed by atoms with E-state index >= 15 is 0 Å². The van der Waals surface area contributed by atoms with Crippen LogP contribution in [0.4, 0.5) is 0 Å². The number of carbonyl (C=O) groups is 1. The summed E-state index contributed by atoms with van der Waals surface area (Å²) in [5.74, 6) is -0.396. The molecule has 36 heavy (non-hydrogen) atoms. The minimum absolute atomic E-state index is 0.0401. The van der Waals surface area contributed by atoms with E-state index in [0.29, 0.717) is 43.0 Å². The molecular formula is C27H30N6O3. The average Bonchev–Trinajstić information content (AvgIpc) is 2.90. The number of carbonyl (C=O) groups excluding carboxylic acids is 1. The van der Waals surface area contributed by atoms with E-state index in [2.05, 4.69) is 10.2 Å². The van der Waals surface area contributed by atoms with Crippen molar-refractivity contribution in [2.75, 3.05) is 32.8 Å². The Hall–Kier alpha value is -3.82. The van der Waals surface area contributed by atoms with Crippen LogP contribution in [0.2, 0.25) is 0 Å². The molecular weight excluding hydrogens is 456 g/mol. The molecule has 0 aliphatic carbocycles. The summed E-state index contributed by atoms with van der Waals surface area (Å²) in [5, 5.41) is 12.3. The first kappa shape index (κ1) is 23.9. The topological polar surface area (TPSA) is 105 Å². The van der Waals surface area contributed by atoms with Gasteiger partial charge in [0.15, 0.2) is 0 Å². The summed E-state index contributed by atoms with van der Waals surface area (Å²) in [4.78, 5) is 34.0. The number of nitrogens with zero attached hydrogens (tertiary/aromatic N) is 4. The van der Waals surface area contributed by atoms with Crippen molar-refractivity contribution in [2.24, 2.45) is 0 Å². The molecule has 2 N–H and O–H groups in total. The Bertz CT molecular complexity index is 1540. The van der Waals surface area contributed by atoms with Gasteiger partial charge in [-0.15, -0.1) is 0 Å².